The van der Waals surface area contributed by atoms with Crippen molar-refractivity contribution in [3.8, 4) is 0 Å². The minimum absolute atomic E-state index is 0.0195. The van der Waals surface area contributed by atoms with E-state index in [4.69, 9.17) is 5.26 Å². The van der Waals surface area contributed by atoms with Gasteiger partial charge in [-0.2, -0.15) is 0 Å². The number of carbonyl (C=O) groups is 1. The molecule has 1 N–H and O–H groups in total. The summed E-state index contributed by atoms with van der Waals surface area (Å²) in [6, 6.07) is 0. The standard InChI is InChI=1S/C19H34O4/c1-3-4-12-15-18(23-21)16-13-10-8-6-5-7-9-11-14-17-19(20)22-2/h9,11,14,17-18,21H,3-8,10,12-13,15-16H2,1-2H3. The molecule has 0 rings (SSSR count). The van der Waals surface area contributed by atoms with Crippen molar-refractivity contribution in [2.24, 2.45) is 0 Å². The van der Waals surface area contributed by atoms with Gasteiger partial charge in [-0.25, -0.2) is 9.68 Å². The van der Waals surface area contributed by atoms with Crippen molar-refractivity contribution >= 4 is 5.97 Å². The smallest absolute Gasteiger partial charge is 0.330 e. The fourth-order valence-electron chi connectivity index (χ4n) is 2.41. The van der Waals surface area contributed by atoms with Crippen LogP contribution in [0.2, 0.25) is 0 Å². The summed E-state index contributed by atoms with van der Waals surface area (Å²) >= 11 is 0. The first-order valence-electron chi connectivity index (χ1n) is 8.96. The molecular weight excluding hydrogens is 292 g/mol. The van der Waals surface area contributed by atoms with Crippen molar-refractivity contribution in [2.45, 2.75) is 83.7 Å². The van der Waals surface area contributed by atoms with E-state index in [2.05, 4.69) is 22.6 Å². The maximum atomic E-state index is 10.8. The van der Waals surface area contributed by atoms with Crippen LogP contribution in [0.15, 0.2) is 24.3 Å². The molecule has 0 aliphatic heterocycles. The molecule has 0 aliphatic rings. The predicted molar refractivity (Wildman–Crippen MR) is 94.3 cm³/mol. The quantitative estimate of drug-likeness (QED) is 0.109. The van der Waals surface area contributed by atoms with E-state index in [1.165, 1.54) is 51.7 Å². The Kier molecular flexibility index (Phi) is 16.4. The number of allylic oxidation sites excluding steroid dienone is 3. The number of hydrogen-bond acceptors (Lipinski definition) is 4. The highest BCUT2D eigenvalue weighted by molar-refractivity contribution is 5.82. The van der Waals surface area contributed by atoms with Crippen LogP contribution in [-0.2, 0) is 14.4 Å². The molecule has 0 amide bonds. The third kappa shape index (κ3) is 15.5. The number of carbonyl (C=O) groups excluding carboxylic acids is 1. The molecule has 0 aromatic carbocycles. The Bertz CT molecular complexity index is 323. The second kappa shape index (κ2) is 17.2. The van der Waals surface area contributed by atoms with E-state index >= 15 is 0 Å². The Morgan fingerprint density at radius 1 is 1.00 bits per heavy atom. The third-order valence-electron chi connectivity index (χ3n) is 3.86. The van der Waals surface area contributed by atoms with Crippen LogP contribution in [0.1, 0.15) is 77.6 Å². The Morgan fingerprint density at radius 3 is 2.30 bits per heavy atom. The summed E-state index contributed by atoms with van der Waals surface area (Å²) in [4.78, 5) is 15.4. The Hall–Kier alpha value is -1.13. The Morgan fingerprint density at radius 2 is 1.65 bits per heavy atom. The van der Waals surface area contributed by atoms with Gasteiger partial charge in [0.05, 0.1) is 13.2 Å². The first-order valence-corrected chi connectivity index (χ1v) is 8.96. The molecule has 0 radical (unpaired) electrons. The molecule has 134 valence electrons. The fourth-order valence-corrected chi connectivity index (χ4v) is 2.41. The highest BCUT2D eigenvalue weighted by Crippen LogP contribution is 2.14. The van der Waals surface area contributed by atoms with Gasteiger partial charge in [-0.15, -0.1) is 0 Å². The van der Waals surface area contributed by atoms with Crippen molar-refractivity contribution < 1.29 is 19.7 Å². The van der Waals surface area contributed by atoms with Gasteiger partial charge >= 0.3 is 5.97 Å². The lowest BCUT2D eigenvalue weighted by Crippen LogP contribution is -2.10. The second-order valence-electron chi connectivity index (χ2n) is 5.88. The van der Waals surface area contributed by atoms with Crippen LogP contribution in [0.5, 0.6) is 0 Å². The molecule has 4 nitrogen and oxygen atoms in total. The van der Waals surface area contributed by atoms with Gasteiger partial charge in [0.15, 0.2) is 0 Å². The van der Waals surface area contributed by atoms with E-state index in [0.29, 0.717) is 0 Å². The van der Waals surface area contributed by atoms with Gasteiger partial charge in [-0.3, -0.25) is 5.26 Å². The zero-order chi connectivity index (χ0) is 17.2. The van der Waals surface area contributed by atoms with Crippen LogP contribution in [0.4, 0.5) is 0 Å². The Labute approximate surface area is 141 Å². The number of hydrogen-bond donors (Lipinski definition) is 1. The van der Waals surface area contributed by atoms with Crippen LogP contribution in [0.25, 0.3) is 0 Å². The first-order chi connectivity index (χ1) is 11.2. The predicted octanol–water partition coefficient (Wildman–Crippen LogP) is 5.44. The van der Waals surface area contributed by atoms with Crippen LogP contribution in [0.3, 0.4) is 0 Å². The van der Waals surface area contributed by atoms with Gasteiger partial charge in [-0.05, 0) is 25.7 Å². The molecule has 0 aliphatic carbocycles. The lowest BCUT2D eigenvalue weighted by molar-refractivity contribution is -0.281. The zero-order valence-electron chi connectivity index (χ0n) is 14.8. The average Bonchev–Trinajstić information content (AvgIpc) is 2.57. The summed E-state index contributed by atoms with van der Waals surface area (Å²) in [5.74, 6) is -0.325. The van der Waals surface area contributed by atoms with Crippen LogP contribution in [-0.4, -0.2) is 24.4 Å². The van der Waals surface area contributed by atoms with Gasteiger partial charge < -0.3 is 4.74 Å². The molecule has 4 heteroatoms. The number of esters is 1. The molecule has 0 aromatic rings. The molecule has 1 unspecified atom stereocenters. The number of ether oxygens (including phenoxy) is 1. The van der Waals surface area contributed by atoms with Crippen LogP contribution < -0.4 is 0 Å². The molecule has 23 heavy (non-hydrogen) atoms. The largest absolute Gasteiger partial charge is 0.466 e. The van der Waals surface area contributed by atoms with E-state index in [1.54, 1.807) is 6.08 Å². The van der Waals surface area contributed by atoms with E-state index in [0.717, 1.165) is 32.1 Å². The zero-order valence-corrected chi connectivity index (χ0v) is 14.8. The first kappa shape index (κ1) is 21.9. The van der Waals surface area contributed by atoms with E-state index < -0.39 is 0 Å². The topological polar surface area (TPSA) is 55.8 Å². The molecule has 0 saturated carbocycles. The van der Waals surface area contributed by atoms with Crippen LogP contribution >= 0.6 is 0 Å². The number of unbranched alkanes of at least 4 members (excludes halogenated alkanes) is 7. The molecular formula is C19H34O4. The maximum absolute atomic E-state index is 10.8. The number of methoxy groups -OCH3 is 1. The van der Waals surface area contributed by atoms with Gasteiger partial charge in [0.2, 0.25) is 0 Å². The molecule has 0 heterocycles. The molecule has 0 bridgehead atoms. The summed E-state index contributed by atoms with van der Waals surface area (Å²) in [6.45, 7) is 2.18. The molecule has 0 saturated heterocycles. The minimum atomic E-state index is -0.325. The van der Waals surface area contributed by atoms with Gasteiger partial charge in [-0.1, -0.05) is 70.1 Å². The summed E-state index contributed by atoms with van der Waals surface area (Å²) in [6.07, 6.45) is 19.5. The van der Waals surface area contributed by atoms with Crippen LogP contribution in [0, 0.1) is 0 Å². The second-order valence-corrected chi connectivity index (χ2v) is 5.88. The van der Waals surface area contributed by atoms with E-state index in [1.807, 2.05) is 6.08 Å². The summed E-state index contributed by atoms with van der Waals surface area (Å²) in [7, 11) is 1.37. The molecule has 1 atom stereocenters. The normalized spacial score (nSPS) is 13.0. The fraction of sp³-hybridized carbons (Fsp3) is 0.737. The minimum Gasteiger partial charge on any atom is -0.466 e. The van der Waals surface area contributed by atoms with Crippen molar-refractivity contribution in [1.29, 1.82) is 0 Å². The molecule has 0 aromatic heterocycles. The summed E-state index contributed by atoms with van der Waals surface area (Å²) in [5.41, 5.74) is 0. The van der Waals surface area contributed by atoms with Crippen molar-refractivity contribution in [1.82, 2.24) is 0 Å². The SMILES string of the molecule is CCCCCC(CCCCCCCC=CC=CC(=O)OC)OO. The maximum Gasteiger partial charge on any atom is 0.330 e. The summed E-state index contributed by atoms with van der Waals surface area (Å²) < 4.78 is 4.50. The van der Waals surface area contributed by atoms with Gasteiger partial charge in [0.1, 0.15) is 0 Å². The van der Waals surface area contributed by atoms with Gasteiger partial charge in [0.25, 0.3) is 0 Å². The Balaban J connectivity index is 3.43. The highest BCUT2D eigenvalue weighted by atomic mass is 17.1. The summed E-state index contributed by atoms with van der Waals surface area (Å²) in [5, 5.41) is 8.88. The number of rotatable bonds is 15. The van der Waals surface area contributed by atoms with Gasteiger partial charge in [0, 0.05) is 6.08 Å². The lowest BCUT2D eigenvalue weighted by Gasteiger charge is -2.12. The monoisotopic (exact) mass is 326 g/mol. The third-order valence-corrected chi connectivity index (χ3v) is 3.86. The van der Waals surface area contributed by atoms with Crippen molar-refractivity contribution in [3.63, 3.8) is 0 Å². The molecule has 0 fully saturated rings. The average molecular weight is 326 g/mol. The molecule has 0 spiro atoms. The van der Waals surface area contributed by atoms with E-state index in [-0.39, 0.29) is 12.1 Å². The lowest BCUT2D eigenvalue weighted by atomic mass is 10.0. The highest BCUT2D eigenvalue weighted by Gasteiger charge is 2.07. The van der Waals surface area contributed by atoms with Crippen molar-refractivity contribution in [2.75, 3.05) is 7.11 Å². The van der Waals surface area contributed by atoms with E-state index in [9.17, 15) is 4.79 Å². The van der Waals surface area contributed by atoms with Crippen molar-refractivity contribution in [3.05, 3.63) is 24.3 Å².